The maximum Gasteiger partial charge on any atom is 0.306 e. The zero-order valence-electron chi connectivity index (χ0n) is 11.8. The Morgan fingerprint density at radius 3 is 2.64 bits per heavy atom. The van der Waals surface area contributed by atoms with Gasteiger partial charge in [-0.3, -0.25) is 9.36 Å². The lowest BCUT2D eigenvalue weighted by molar-refractivity contribution is -0.191. The fourth-order valence-electron chi connectivity index (χ4n) is 1.98. The van der Waals surface area contributed by atoms with Crippen LogP contribution in [0.4, 0.5) is 0 Å². The van der Waals surface area contributed by atoms with Crippen molar-refractivity contribution < 1.29 is 14.3 Å². The first-order valence-electron chi connectivity index (χ1n) is 6.24. The molecule has 0 aliphatic rings. The molecule has 114 valence electrons. The molecule has 2 rings (SSSR count). The van der Waals surface area contributed by atoms with Gasteiger partial charge in [0.25, 0.3) is 6.41 Å². The van der Waals surface area contributed by atoms with Crippen molar-refractivity contribution in [3.63, 3.8) is 0 Å². The van der Waals surface area contributed by atoms with Crippen LogP contribution in [-0.4, -0.2) is 17.6 Å². The summed E-state index contributed by atoms with van der Waals surface area (Å²) in [6.07, 6.45) is 2.17. The number of rotatable bonds is 4. The number of carbonyl (C=O) groups excluding carboxylic acids is 1. The first kappa shape index (κ1) is 16.4. The fourth-order valence-corrected chi connectivity index (χ4v) is 2.39. The largest absolute Gasteiger partial charge is 0.416 e. The molecule has 0 radical (unpaired) electrons. The van der Waals surface area contributed by atoms with Gasteiger partial charge >= 0.3 is 5.97 Å². The third-order valence-corrected chi connectivity index (χ3v) is 3.74. The molecule has 0 fully saturated rings. The summed E-state index contributed by atoms with van der Waals surface area (Å²) in [5.41, 5.74) is 1.55. The van der Waals surface area contributed by atoms with Crippen molar-refractivity contribution in [1.82, 2.24) is 4.57 Å². The molecule has 2 aromatic rings. The smallest absolute Gasteiger partial charge is 0.306 e. The predicted molar refractivity (Wildman–Crippen MR) is 82.4 cm³/mol. The van der Waals surface area contributed by atoms with Crippen LogP contribution in [0.25, 0.3) is 11.1 Å². The third-order valence-electron chi connectivity index (χ3n) is 2.92. The van der Waals surface area contributed by atoms with Crippen molar-refractivity contribution in [1.29, 1.82) is 5.26 Å². The van der Waals surface area contributed by atoms with Gasteiger partial charge in [0, 0.05) is 37.6 Å². The third kappa shape index (κ3) is 3.25. The van der Waals surface area contributed by atoms with Gasteiger partial charge in [-0.15, -0.1) is 0 Å². The van der Waals surface area contributed by atoms with Crippen molar-refractivity contribution in [2.75, 3.05) is 7.11 Å². The van der Waals surface area contributed by atoms with Crippen LogP contribution in [0.2, 0.25) is 10.0 Å². The minimum atomic E-state index is -0.962. The number of benzene rings is 1. The Morgan fingerprint density at radius 2 is 2.05 bits per heavy atom. The Hall–Kier alpha value is -2.00. The number of carbonyl (C=O) groups is 1. The normalized spacial score (nSPS) is 11.8. The Balaban J connectivity index is 2.52. The molecule has 0 aliphatic heterocycles. The SMILES string of the molecule is COC(OC(C)=O)n1cc(C#N)c(-c2cccc(Cl)c2Cl)c1. The summed E-state index contributed by atoms with van der Waals surface area (Å²) < 4.78 is 11.6. The summed E-state index contributed by atoms with van der Waals surface area (Å²) in [5.74, 6) is -0.499. The van der Waals surface area contributed by atoms with E-state index >= 15 is 0 Å². The maximum atomic E-state index is 11.1. The van der Waals surface area contributed by atoms with E-state index < -0.39 is 12.4 Å². The maximum absolute atomic E-state index is 11.1. The van der Waals surface area contributed by atoms with Crippen molar-refractivity contribution in [3.8, 4) is 17.2 Å². The summed E-state index contributed by atoms with van der Waals surface area (Å²) in [6, 6.07) is 7.23. The number of hydrogen-bond donors (Lipinski definition) is 0. The van der Waals surface area contributed by atoms with Gasteiger partial charge in [0.2, 0.25) is 0 Å². The summed E-state index contributed by atoms with van der Waals surface area (Å²) in [4.78, 5) is 11.1. The molecule has 1 aromatic heterocycles. The standard InChI is InChI=1S/C15H12Cl2N2O3/c1-9(20)22-15(21-2)19-7-10(6-18)12(8-19)11-4-3-5-13(16)14(11)17/h3-5,7-8,15H,1-2H3. The number of nitrogens with zero attached hydrogens (tertiary/aromatic N) is 2. The molecule has 7 heteroatoms. The molecule has 0 saturated heterocycles. The first-order chi connectivity index (χ1) is 10.5. The van der Waals surface area contributed by atoms with Gasteiger partial charge in [-0.1, -0.05) is 35.3 Å². The van der Waals surface area contributed by atoms with Crippen molar-refractivity contribution in [2.45, 2.75) is 13.3 Å². The predicted octanol–water partition coefficient (Wildman–Crippen LogP) is 4.00. The molecule has 0 amide bonds. The minimum Gasteiger partial charge on any atom is -0.416 e. The Bertz CT molecular complexity index is 750. The second-order valence-electron chi connectivity index (χ2n) is 4.40. The van der Waals surface area contributed by atoms with E-state index in [4.69, 9.17) is 32.7 Å². The van der Waals surface area contributed by atoms with Gasteiger partial charge in [-0.25, -0.2) is 0 Å². The van der Waals surface area contributed by atoms with Gasteiger partial charge in [0.05, 0.1) is 15.6 Å². The molecule has 0 N–H and O–H groups in total. The quantitative estimate of drug-likeness (QED) is 0.624. The molecule has 1 unspecified atom stereocenters. The van der Waals surface area contributed by atoms with E-state index in [-0.39, 0.29) is 0 Å². The highest BCUT2D eigenvalue weighted by molar-refractivity contribution is 6.43. The summed E-state index contributed by atoms with van der Waals surface area (Å²) >= 11 is 12.2. The van der Waals surface area contributed by atoms with E-state index in [2.05, 4.69) is 6.07 Å². The fraction of sp³-hybridized carbons (Fsp3) is 0.200. The Morgan fingerprint density at radius 1 is 1.32 bits per heavy atom. The first-order valence-corrected chi connectivity index (χ1v) is 6.99. The highest BCUT2D eigenvalue weighted by atomic mass is 35.5. The zero-order chi connectivity index (χ0) is 16.3. The number of nitriles is 1. The van der Waals surface area contributed by atoms with E-state index in [0.717, 1.165) is 0 Å². The van der Waals surface area contributed by atoms with Crippen molar-refractivity contribution >= 4 is 29.2 Å². The number of ether oxygens (including phenoxy) is 2. The highest BCUT2D eigenvalue weighted by Crippen LogP contribution is 2.36. The number of aromatic nitrogens is 1. The average Bonchev–Trinajstić information content (AvgIpc) is 2.91. The van der Waals surface area contributed by atoms with E-state index in [1.165, 1.54) is 24.8 Å². The molecule has 0 saturated carbocycles. The van der Waals surface area contributed by atoms with Crippen LogP contribution in [0.15, 0.2) is 30.6 Å². The van der Waals surface area contributed by atoms with Crippen molar-refractivity contribution in [3.05, 3.63) is 46.2 Å². The van der Waals surface area contributed by atoms with Gasteiger partial charge < -0.3 is 9.47 Å². The lowest BCUT2D eigenvalue weighted by atomic mass is 10.1. The van der Waals surface area contributed by atoms with E-state index in [9.17, 15) is 10.1 Å². The van der Waals surface area contributed by atoms with E-state index in [1.807, 2.05) is 0 Å². The molecule has 0 spiro atoms. The zero-order valence-corrected chi connectivity index (χ0v) is 13.4. The number of methoxy groups -OCH3 is 1. The van der Waals surface area contributed by atoms with Crippen molar-refractivity contribution in [2.24, 2.45) is 0 Å². The second kappa shape index (κ2) is 6.84. The second-order valence-corrected chi connectivity index (χ2v) is 5.18. The van der Waals surface area contributed by atoms with E-state index in [1.54, 1.807) is 24.4 Å². The molecule has 1 aromatic carbocycles. The topological polar surface area (TPSA) is 64.2 Å². The lowest BCUT2D eigenvalue weighted by Crippen LogP contribution is -2.16. The molecular formula is C15H12Cl2N2O3. The van der Waals surface area contributed by atoms with Gasteiger partial charge in [0.15, 0.2) is 0 Å². The van der Waals surface area contributed by atoms with Crippen LogP contribution in [0.1, 0.15) is 18.9 Å². The monoisotopic (exact) mass is 338 g/mol. The summed E-state index contributed by atoms with van der Waals surface area (Å²) in [6.45, 7) is 1.27. The highest BCUT2D eigenvalue weighted by Gasteiger charge is 2.19. The van der Waals surface area contributed by atoms with Crippen LogP contribution in [0.5, 0.6) is 0 Å². The Labute approximate surface area is 137 Å². The molecule has 1 heterocycles. The van der Waals surface area contributed by atoms with Crippen LogP contribution in [0.3, 0.4) is 0 Å². The van der Waals surface area contributed by atoms with Crippen LogP contribution < -0.4 is 0 Å². The molecular weight excluding hydrogens is 327 g/mol. The van der Waals surface area contributed by atoms with Gasteiger partial charge in [-0.05, 0) is 6.07 Å². The summed E-state index contributed by atoms with van der Waals surface area (Å²) in [7, 11) is 1.39. The van der Waals surface area contributed by atoms with E-state index in [0.29, 0.717) is 26.7 Å². The van der Waals surface area contributed by atoms with Gasteiger partial charge in [0.1, 0.15) is 6.07 Å². The van der Waals surface area contributed by atoms with Gasteiger partial charge in [-0.2, -0.15) is 5.26 Å². The van der Waals surface area contributed by atoms with Crippen LogP contribution in [-0.2, 0) is 14.3 Å². The molecule has 1 atom stereocenters. The summed E-state index contributed by atoms with van der Waals surface area (Å²) in [5, 5.41) is 10.0. The number of hydrogen-bond acceptors (Lipinski definition) is 4. The minimum absolute atomic E-state index is 0.347. The molecule has 0 aliphatic carbocycles. The Kier molecular flexibility index (Phi) is 5.09. The van der Waals surface area contributed by atoms with Crippen LogP contribution in [0, 0.1) is 11.3 Å². The van der Waals surface area contributed by atoms with Crippen LogP contribution >= 0.6 is 23.2 Å². The number of esters is 1. The lowest BCUT2D eigenvalue weighted by Gasteiger charge is -2.16. The average molecular weight is 339 g/mol. The molecule has 0 bridgehead atoms. The molecule has 22 heavy (non-hydrogen) atoms. The number of halogens is 2. The molecule has 5 nitrogen and oxygen atoms in total.